The second kappa shape index (κ2) is 11.2. The molecule has 37 heavy (non-hydrogen) atoms. The maximum atomic E-state index is 12.9. The molecule has 1 saturated heterocycles. The van der Waals surface area contributed by atoms with Crippen LogP contribution < -0.4 is 19.7 Å². The van der Waals surface area contributed by atoms with Gasteiger partial charge in [0.2, 0.25) is 0 Å². The molecule has 0 radical (unpaired) electrons. The molecule has 0 atom stereocenters. The molecule has 4 aromatic rings. The normalized spacial score (nSPS) is 13.9. The standard InChI is InChI=1S/C27H31N7O3/c1-36-22-8-4-20(5-9-22)12-13-28-27(35)33-15-3-14-32(16-17-33)25-24(18-29-26-30-19-31-34(25)26)21-6-10-23(37-2)11-7-21/h4-11,18-19H,3,12-17H2,1-2H3,(H,28,35). The van der Waals surface area contributed by atoms with Crippen LogP contribution in [-0.4, -0.2) is 77.5 Å². The molecular formula is C27H31N7O3. The first kappa shape index (κ1) is 24.4. The van der Waals surface area contributed by atoms with E-state index in [1.54, 1.807) is 18.7 Å². The number of benzene rings is 2. The van der Waals surface area contributed by atoms with Crippen LogP contribution in [0.25, 0.3) is 16.9 Å². The van der Waals surface area contributed by atoms with E-state index < -0.39 is 0 Å². The lowest BCUT2D eigenvalue weighted by molar-refractivity contribution is 0.201. The Hall–Kier alpha value is -4.34. The Bertz CT molecular complexity index is 1340. The van der Waals surface area contributed by atoms with Gasteiger partial charge in [0.15, 0.2) is 0 Å². The molecule has 2 aromatic heterocycles. The van der Waals surface area contributed by atoms with Gasteiger partial charge in [-0.15, -0.1) is 0 Å². The van der Waals surface area contributed by atoms with Crippen LogP contribution in [0.1, 0.15) is 12.0 Å². The first-order chi connectivity index (χ1) is 18.2. The lowest BCUT2D eigenvalue weighted by atomic mass is 10.1. The van der Waals surface area contributed by atoms with Crippen LogP contribution in [0.3, 0.4) is 0 Å². The van der Waals surface area contributed by atoms with Crippen LogP contribution in [0.2, 0.25) is 0 Å². The van der Waals surface area contributed by atoms with Crippen LogP contribution in [0.5, 0.6) is 11.5 Å². The van der Waals surface area contributed by atoms with E-state index in [9.17, 15) is 4.79 Å². The molecule has 10 heteroatoms. The maximum absolute atomic E-state index is 12.9. The molecule has 2 amide bonds. The number of carbonyl (C=O) groups excluding carboxylic acids is 1. The first-order valence-electron chi connectivity index (χ1n) is 12.4. The van der Waals surface area contributed by atoms with Crippen molar-refractivity contribution in [3.8, 4) is 22.6 Å². The number of nitrogens with zero attached hydrogens (tertiary/aromatic N) is 6. The summed E-state index contributed by atoms with van der Waals surface area (Å²) in [4.78, 5) is 25.9. The van der Waals surface area contributed by atoms with E-state index in [0.29, 0.717) is 32.0 Å². The molecule has 3 heterocycles. The Morgan fingerprint density at radius 3 is 2.38 bits per heavy atom. The third kappa shape index (κ3) is 5.42. The summed E-state index contributed by atoms with van der Waals surface area (Å²) in [5.41, 5.74) is 3.12. The van der Waals surface area contributed by atoms with Gasteiger partial charge in [-0.3, -0.25) is 0 Å². The molecule has 5 rings (SSSR count). The summed E-state index contributed by atoms with van der Waals surface area (Å²) in [6.45, 7) is 3.34. The number of hydrogen-bond donors (Lipinski definition) is 1. The molecule has 10 nitrogen and oxygen atoms in total. The average Bonchev–Trinajstić information content (AvgIpc) is 3.29. The van der Waals surface area contributed by atoms with Crippen LogP contribution in [-0.2, 0) is 6.42 Å². The van der Waals surface area contributed by atoms with Gasteiger partial charge in [0, 0.05) is 44.5 Å². The number of carbonyl (C=O) groups is 1. The minimum absolute atomic E-state index is 0.0358. The third-order valence-electron chi connectivity index (χ3n) is 6.61. The fourth-order valence-corrected chi connectivity index (χ4v) is 4.60. The monoisotopic (exact) mass is 501 g/mol. The number of anilines is 1. The highest BCUT2D eigenvalue weighted by Gasteiger charge is 2.24. The summed E-state index contributed by atoms with van der Waals surface area (Å²) in [6, 6.07) is 15.8. The highest BCUT2D eigenvalue weighted by Crippen LogP contribution is 2.32. The Kier molecular flexibility index (Phi) is 7.34. The zero-order valence-electron chi connectivity index (χ0n) is 21.1. The van der Waals surface area contributed by atoms with Crippen LogP contribution in [0.15, 0.2) is 61.1 Å². The lowest BCUT2D eigenvalue weighted by Gasteiger charge is -2.26. The molecule has 1 aliphatic heterocycles. The number of urea groups is 1. The molecule has 1 N–H and O–H groups in total. The largest absolute Gasteiger partial charge is 0.497 e. The fourth-order valence-electron chi connectivity index (χ4n) is 4.60. The predicted octanol–water partition coefficient (Wildman–Crippen LogP) is 3.27. The van der Waals surface area contributed by atoms with Crippen molar-refractivity contribution in [2.75, 3.05) is 51.8 Å². The number of amides is 2. The number of nitrogens with one attached hydrogen (secondary N) is 1. The quantitative estimate of drug-likeness (QED) is 0.415. The van der Waals surface area contributed by atoms with Crippen molar-refractivity contribution in [3.05, 3.63) is 66.6 Å². The third-order valence-corrected chi connectivity index (χ3v) is 6.61. The summed E-state index contributed by atoms with van der Waals surface area (Å²) in [5, 5.41) is 7.53. The lowest BCUT2D eigenvalue weighted by Crippen LogP contribution is -2.42. The first-order valence-corrected chi connectivity index (χ1v) is 12.4. The van der Waals surface area contributed by atoms with Crippen LogP contribution in [0, 0.1) is 0 Å². The van der Waals surface area contributed by atoms with E-state index >= 15 is 0 Å². The summed E-state index contributed by atoms with van der Waals surface area (Å²) >= 11 is 0. The number of ether oxygens (including phenoxy) is 2. The minimum atomic E-state index is -0.0358. The van der Waals surface area contributed by atoms with E-state index in [1.807, 2.05) is 59.6 Å². The molecule has 1 fully saturated rings. The summed E-state index contributed by atoms with van der Waals surface area (Å²) in [7, 11) is 3.31. The van der Waals surface area contributed by atoms with Crippen molar-refractivity contribution >= 4 is 17.6 Å². The Morgan fingerprint density at radius 1 is 0.919 bits per heavy atom. The molecule has 192 valence electrons. The van der Waals surface area contributed by atoms with Gasteiger partial charge < -0.3 is 24.6 Å². The summed E-state index contributed by atoms with van der Waals surface area (Å²) in [6.07, 6.45) is 4.97. The van der Waals surface area contributed by atoms with Gasteiger partial charge in [-0.25, -0.2) is 9.78 Å². The maximum Gasteiger partial charge on any atom is 0.317 e. The fraction of sp³-hybridized carbons (Fsp3) is 0.333. The van der Waals surface area contributed by atoms with Gasteiger partial charge in [0.25, 0.3) is 5.78 Å². The number of rotatable bonds is 7. The van der Waals surface area contributed by atoms with Crippen molar-refractivity contribution in [1.82, 2.24) is 29.8 Å². The van der Waals surface area contributed by atoms with Crippen LogP contribution >= 0.6 is 0 Å². The SMILES string of the molecule is COc1ccc(CCNC(=O)N2CCCN(c3c(-c4ccc(OC)cc4)cnc4ncnn34)CC2)cc1. The van der Waals surface area contributed by atoms with Gasteiger partial charge in [0.1, 0.15) is 23.6 Å². The van der Waals surface area contributed by atoms with Gasteiger partial charge >= 0.3 is 6.03 Å². The molecule has 0 bridgehead atoms. The number of fused-ring (bicyclic) bond motifs is 1. The highest BCUT2D eigenvalue weighted by molar-refractivity contribution is 5.78. The predicted molar refractivity (Wildman–Crippen MR) is 141 cm³/mol. The van der Waals surface area contributed by atoms with Crippen LogP contribution in [0.4, 0.5) is 10.6 Å². The van der Waals surface area contributed by atoms with E-state index in [0.717, 1.165) is 53.4 Å². The van der Waals surface area contributed by atoms with Gasteiger partial charge in [0.05, 0.1) is 14.2 Å². The zero-order chi connectivity index (χ0) is 25.6. The Labute approximate surface area is 215 Å². The highest BCUT2D eigenvalue weighted by atomic mass is 16.5. The summed E-state index contributed by atoms with van der Waals surface area (Å²) < 4.78 is 12.3. The molecule has 0 spiro atoms. The summed E-state index contributed by atoms with van der Waals surface area (Å²) in [5.74, 6) is 3.09. The topological polar surface area (TPSA) is 97.1 Å². The number of aromatic nitrogens is 4. The van der Waals surface area contributed by atoms with Gasteiger partial charge in [-0.1, -0.05) is 24.3 Å². The Morgan fingerprint density at radius 2 is 1.65 bits per heavy atom. The van der Waals surface area contributed by atoms with Gasteiger partial charge in [-0.05, 0) is 48.2 Å². The molecule has 1 aliphatic rings. The van der Waals surface area contributed by atoms with Crippen molar-refractivity contribution in [2.45, 2.75) is 12.8 Å². The van der Waals surface area contributed by atoms with E-state index in [-0.39, 0.29) is 6.03 Å². The molecular weight excluding hydrogens is 470 g/mol. The Balaban J connectivity index is 1.27. The van der Waals surface area contributed by atoms with Gasteiger partial charge in [-0.2, -0.15) is 14.6 Å². The van der Waals surface area contributed by atoms with Crippen molar-refractivity contribution < 1.29 is 14.3 Å². The van der Waals surface area contributed by atoms with E-state index in [4.69, 9.17) is 9.47 Å². The van der Waals surface area contributed by atoms with Crippen molar-refractivity contribution in [3.63, 3.8) is 0 Å². The van der Waals surface area contributed by atoms with E-state index in [2.05, 4.69) is 25.3 Å². The average molecular weight is 502 g/mol. The molecule has 0 unspecified atom stereocenters. The second-order valence-corrected chi connectivity index (χ2v) is 8.85. The van der Waals surface area contributed by atoms with E-state index in [1.165, 1.54) is 6.33 Å². The second-order valence-electron chi connectivity index (χ2n) is 8.85. The molecule has 2 aromatic carbocycles. The molecule has 0 saturated carbocycles. The minimum Gasteiger partial charge on any atom is -0.497 e. The van der Waals surface area contributed by atoms with Crippen molar-refractivity contribution in [1.29, 1.82) is 0 Å². The zero-order valence-corrected chi connectivity index (χ0v) is 21.1. The van der Waals surface area contributed by atoms with Crippen molar-refractivity contribution in [2.24, 2.45) is 0 Å². The molecule has 0 aliphatic carbocycles. The smallest absolute Gasteiger partial charge is 0.317 e. The number of methoxy groups -OCH3 is 2. The number of hydrogen-bond acceptors (Lipinski definition) is 7.